The number of carbonyl (C=O) groups is 1. The highest BCUT2D eigenvalue weighted by Crippen LogP contribution is 2.16. The van der Waals surface area contributed by atoms with Crippen LogP contribution in [0.5, 0.6) is 0 Å². The van der Waals surface area contributed by atoms with Gasteiger partial charge in [0.15, 0.2) is 0 Å². The summed E-state index contributed by atoms with van der Waals surface area (Å²) in [6.45, 7) is 10.7. The standard InChI is InChI=1S/C9H9NO.2C2H6/c1-6-2-3-8-7(4-6)5-10-9(8)11;2*1-2/h2-4H,5H2,1H3,(H,10,11);2*1-2H3. The van der Waals surface area contributed by atoms with E-state index >= 15 is 0 Å². The van der Waals surface area contributed by atoms with E-state index in [9.17, 15) is 4.79 Å². The number of rotatable bonds is 0. The number of hydrogen-bond acceptors (Lipinski definition) is 1. The predicted molar refractivity (Wildman–Crippen MR) is 65.0 cm³/mol. The molecule has 0 saturated heterocycles. The molecule has 1 aromatic carbocycles. The van der Waals surface area contributed by atoms with Gasteiger partial charge in [-0.1, -0.05) is 45.4 Å². The first-order valence-electron chi connectivity index (χ1n) is 5.65. The molecule has 1 amide bonds. The smallest absolute Gasteiger partial charge is 0.251 e. The molecular formula is C13H21NO. The molecule has 2 heteroatoms. The minimum atomic E-state index is 0.0556. The maximum atomic E-state index is 11.1. The van der Waals surface area contributed by atoms with Crippen LogP contribution < -0.4 is 5.32 Å². The summed E-state index contributed by atoms with van der Waals surface area (Å²) in [5.41, 5.74) is 3.16. The first-order valence-corrected chi connectivity index (χ1v) is 5.65. The molecule has 1 aliphatic rings. The maximum absolute atomic E-state index is 11.1. The lowest BCUT2D eigenvalue weighted by Crippen LogP contribution is -2.12. The molecule has 15 heavy (non-hydrogen) atoms. The van der Waals surface area contributed by atoms with Crippen LogP contribution in [0.3, 0.4) is 0 Å². The Morgan fingerprint density at radius 1 is 1.13 bits per heavy atom. The molecule has 0 saturated carbocycles. The minimum Gasteiger partial charge on any atom is -0.348 e. The van der Waals surface area contributed by atoms with Gasteiger partial charge in [0.25, 0.3) is 5.91 Å². The largest absolute Gasteiger partial charge is 0.348 e. The molecular weight excluding hydrogens is 186 g/mol. The van der Waals surface area contributed by atoms with Gasteiger partial charge in [-0.15, -0.1) is 0 Å². The Kier molecular flexibility index (Phi) is 6.43. The van der Waals surface area contributed by atoms with Gasteiger partial charge < -0.3 is 5.32 Å². The second-order valence-corrected chi connectivity index (χ2v) is 2.84. The first kappa shape index (κ1) is 13.7. The fraction of sp³-hybridized carbons (Fsp3) is 0.462. The van der Waals surface area contributed by atoms with Crippen molar-refractivity contribution in [3.63, 3.8) is 0 Å². The molecule has 0 aromatic heterocycles. The van der Waals surface area contributed by atoms with Crippen molar-refractivity contribution in [3.8, 4) is 0 Å². The van der Waals surface area contributed by atoms with Crippen molar-refractivity contribution in [1.29, 1.82) is 0 Å². The number of carbonyl (C=O) groups excluding carboxylic acids is 1. The van der Waals surface area contributed by atoms with E-state index in [4.69, 9.17) is 0 Å². The Hall–Kier alpha value is -1.31. The summed E-state index contributed by atoms with van der Waals surface area (Å²) >= 11 is 0. The van der Waals surface area contributed by atoms with Gasteiger partial charge in [0, 0.05) is 12.1 Å². The van der Waals surface area contributed by atoms with Crippen molar-refractivity contribution >= 4 is 5.91 Å². The van der Waals surface area contributed by atoms with Gasteiger partial charge in [0.1, 0.15) is 0 Å². The molecule has 0 aliphatic carbocycles. The number of nitrogens with one attached hydrogen (secondary N) is 1. The average molecular weight is 207 g/mol. The topological polar surface area (TPSA) is 29.1 Å². The Bertz CT molecular complexity index is 318. The highest BCUT2D eigenvalue weighted by Gasteiger charge is 2.17. The molecule has 1 aromatic rings. The Balaban J connectivity index is 0.000000442. The van der Waals surface area contributed by atoms with E-state index in [0.29, 0.717) is 6.54 Å². The molecule has 1 aliphatic heterocycles. The van der Waals surface area contributed by atoms with Crippen molar-refractivity contribution in [2.75, 3.05) is 0 Å². The second kappa shape index (κ2) is 7.04. The molecule has 2 nitrogen and oxygen atoms in total. The molecule has 0 atom stereocenters. The number of aryl methyl sites for hydroxylation is 1. The monoisotopic (exact) mass is 207 g/mol. The van der Waals surface area contributed by atoms with E-state index in [0.717, 1.165) is 11.1 Å². The van der Waals surface area contributed by atoms with Crippen LogP contribution in [0, 0.1) is 6.92 Å². The molecule has 0 bridgehead atoms. The highest BCUT2D eigenvalue weighted by atomic mass is 16.1. The van der Waals surface area contributed by atoms with E-state index < -0.39 is 0 Å². The van der Waals surface area contributed by atoms with Crippen LogP contribution in [0.15, 0.2) is 18.2 Å². The van der Waals surface area contributed by atoms with E-state index in [1.165, 1.54) is 5.56 Å². The van der Waals surface area contributed by atoms with E-state index in [1.54, 1.807) is 0 Å². The fourth-order valence-electron chi connectivity index (χ4n) is 1.36. The van der Waals surface area contributed by atoms with Gasteiger partial charge in [-0.25, -0.2) is 0 Å². The van der Waals surface area contributed by atoms with Crippen molar-refractivity contribution in [2.45, 2.75) is 41.2 Å². The van der Waals surface area contributed by atoms with E-state index in [1.807, 2.05) is 52.8 Å². The Morgan fingerprint density at radius 3 is 2.33 bits per heavy atom. The number of benzene rings is 1. The summed E-state index contributed by atoms with van der Waals surface area (Å²) in [5, 5.41) is 2.77. The van der Waals surface area contributed by atoms with Crippen LogP contribution in [0.1, 0.15) is 49.2 Å². The maximum Gasteiger partial charge on any atom is 0.251 e. The zero-order valence-corrected chi connectivity index (χ0v) is 10.3. The molecule has 2 rings (SSSR count). The Labute approximate surface area is 92.7 Å². The third-order valence-electron chi connectivity index (χ3n) is 1.94. The molecule has 0 fully saturated rings. The summed E-state index contributed by atoms with van der Waals surface area (Å²) < 4.78 is 0. The van der Waals surface area contributed by atoms with E-state index in [-0.39, 0.29) is 5.91 Å². The molecule has 0 spiro atoms. The van der Waals surface area contributed by atoms with Crippen molar-refractivity contribution in [1.82, 2.24) is 5.32 Å². The van der Waals surface area contributed by atoms with Gasteiger partial charge in [0.2, 0.25) is 0 Å². The first-order chi connectivity index (χ1) is 7.27. The van der Waals surface area contributed by atoms with Crippen LogP contribution in [0.25, 0.3) is 0 Å². The number of fused-ring (bicyclic) bond motifs is 1. The van der Waals surface area contributed by atoms with Gasteiger partial charge >= 0.3 is 0 Å². The summed E-state index contributed by atoms with van der Waals surface area (Å²) in [6, 6.07) is 5.89. The van der Waals surface area contributed by atoms with Crippen LogP contribution in [-0.2, 0) is 6.54 Å². The normalized spacial score (nSPS) is 11.4. The lowest BCUT2D eigenvalue weighted by atomic mass is 10.1. The van der Waals surface area contributed by atoms with E-state index in [2.05, 4.69) is 5.32 Å². The van der Waals surface area contributed by atoms with Crippen LogP contribution in [-0.4, -0.2) is 5.91 Å². The lowest BCUT2D eigenvalue weighted by molar-refractivity contribution is 0.0966. The summed E-state index contributed by atoms with van der Waals surface area (Å²) in [7, 11) is 0. The van der Waals surface area contributed by atoms with Crippen molar-refractivity contribution in [3.05, 3.63) is 34.9 Å². The average Bonchev–Trinajstić information content (AvgIpc) is 2.65. The quantitative estimate of drug-likeness (QED) is 0.695. The third-order valence-corrected chi connectivity index (χ3v) is 1.94. The number of hydrogen-bond donors (Lipinski definition) is 1. The molecule has 84 valence electrons. The molecule has 0 radical (unpaired) electrons. The summed E-state index contributed by atoms with van der Waals surface area (Å²) in [4.78, 5) is 11.1. The lowest BCUT2D eigenvalue weighted by Gasteiger charge is -1.95. The summed E-state index contributed by atoms with van der Waals surface area (Å²) in [5.74, 6) is 0.0556. The van der Waals surface area contributed by atoms with Crippen molar-refractivity contribution < 1.29 is 4.79 Å². The zero-order chi connectivity index (χ0) is 11.8. The van der Waals surface area contributed by atoms with Gasteiger partial charge in [0.05, 0.1) is 0 Å². The predicted octanol–water partition coefficient (Wildman–Crippen LogP) is 3.29. The summed E-state index contributed by atoms with van der Waals surface area (Å²) in [6.07, 6.45) is 0. The molecule has 0 unspecified atom stereocenters. The SMILES string of the molecule is CC.CC.Cc1ccc2c(c1)CNC2=O. The third kappa shape index (κ3) is 3.39. The zero-order valence-electron chi connectivity index (χ0n) is 10.3. The minimum absolute atomic E-state index is 0.0556. The highest BCUT2D eigenvalue weighted by molar-refractivity contribution is 5.98. The van der Waals surface area contributed by atoms with Gasteiger partial charge in [-0.05, 0) is 18.6 Å². The molecule has 1 N–H and O–H groups in total. The van der Waals surface area contributed by atoms with Crippen LogP contribution in [0.2, 0.25) is 0 Å². The van der Waals surface area contributed by atoms with Gasteiger partial charge in [-0.3, -0.25) is 4.79 Å². The van der Waals surface area contributed by atoms with Crippen LogP contribution >= 0.6 is 0 Å². The number of amides is 1. The van der Waals surface area contributed by atoms with Crippen molar-refractivity contribution in [2.24, 2.45) is 0 Å². The van der Waals surface area contributed by atoms with Gasteiger partial charge in [-0.2, -0.15) is 0 Å². The fourth-order valence-corrected chi connectivity index (χ4v) is 1.36. The molecule has 1 heterocycles. The Morgan fingerprint density at radius 2 is 1.73 bits per heavy atom. The second-order valence-electron chi connectivity index (χ2n) is 2.84. The van der Waals surface area contributed by atoms with Crippen LogP contribution in [0.4, 0.5) is 0 Å².